The lowest BCUT2D eigenvalue weighted by Crippen LogP contribution is -2.07. The van der Waals surface area contributed by atoms with Crippen LogP contribution in [0.15, 0.2) is 47.4 Å². The fraction of sp³-hybridized carbons (Fsp3) is 0.745. The summed E-state index contributed by atoms with van der Waals surface area (Å²) >= 11 is 0. The van der Waals surface area contributed by atoms with Crippen molar-refractivity contribution in [2.75, 3.05) is 19.8 Å². The molecule has 59 heavy (non-hydrogen) atoms. The number of aromatic hydroxyl groups is 1. The summed E-state index contributed by atoms with van der Waals surface area (Å²) in [6.07, 6.45) is 38.5. The zero-order valence-electron chi connectivity index (χ0n) is 38.5. The Morgan fingerprint density at radius 3 is 1.24 bits per heavy atom. The number of ether oxygens (including phenoxy) is 2. The summed E-state index contributed by atoms with van der Waals surface area (Å²) in [5.74, 6) is 0.364. The molecule has 342 valence electrons. The summed E-state index contributed by atoms with van der Waals surface area (Å²) in [4.78, 5) is 8.13. The van der Waals surface area contributed by atoms with Crippen LogP contribution < -0.4 is 0 Å². The van der Waals surface area contributed by atoms with Gasteiger partial charge in [0.05, 0.1) is 30.8 Å². The second kappa shape index (κ2) is 41.1. The van der Waals surface area contributed by atoms with Gasteiger partial charge in [0.2, 0.25) is 0 Å². The third-order valence-electron chi connectivity index (χ3n) is 10.8. The van der Waals surface area contributed by atoms with E-state index in [-0.39, 0.29) is 4.90 Å². The first kappa shape index (κ1) is 56.7. The largest absolute Gasteiger partial charge is 0.508 e. The average Bonchev–Trinajstić information content (AvgIpc) is 4.18. The lowest BCUT2D eigenvalue weighted by atomic mass is 9.96. The molecule has 0 radical (unpaired) electrons. The first-order chi connectivity index (χ1) is 28.7. The fourth-order valence-electron chi connectivity index (χ4n) is 7.01. The van der Waals surface area contributed by atoms with Gasteiger partial charge in [0.25, 0.3) is 10.1 Å². The van der Waals surface area contributed by atoms with Crippen LogP contribution in [0.5, 0.6) is 5.75 Å². The molecule has 8 heteroatoms. The van der Waals surface area contributed by atoms with E-state index >= 15 is 0 Å². The van der Waals surface area contributed by atoms with Gasteiger partial charge in [0.15, 0.2) is 0 Å². The van der Waals surface area contributed by atoms with E-state index in [4.69, 9.17) is 14.6 Å². The highest BCUT2D eigenvalue weighted by atomic mass is 32.2. The molecule has 2 heterocycles. The molecule has 7 nitrogen and oxygen atoms in total. The van der Waals surface area contributed by atoms with Crippen LogP contribution in [0, 0.1) is 0 Å². The Morgan fingerprint density at radius 1 is 0.559 bits per heavy atom. The van der Waals surface area contributed by atoms with Crippen molar-refractivity contribution in [1.29, 1.82) is 0 Å². The van der Waals surface area contributed by atoms with Gasteiger partial charge in [-0.25, -0.2) is 0 Å². The van der Waals surface area contributed by atoms with Crippen molar-refractivity contribution in [3.63, 3.8) is 0 Å². The minimum atomic E-state index is -4.17. The van der Waals surface area contributed by atoms with Gasteiger partial charge >= 0.3 is 0 Å². The molecule has 4 rings (SSSR count). The molecule has 2 N–H and O–H groups in total. The van der Waals surface area contributed by atoms with Gasteiger partial charge in [0.1, 0.15) is 12.5 Å². The Kier molecular flexibility index (Phi) is 39.5. The Morgan fingerprint density at radius 2 is 0.898 bits per heavy atom. The summed E-state index contributed by atoms with van der Waals surface area (Å²) < 4.78 is 43.0. The van der Waals surface area contributed by atoms with Gasteiger partial charge in [-0.2, -0.15) is 8.42 Å². The smallest absolute Gasteiger partial charge is 0.294 e. The maximum Gasteiger partial charge on any atom is 0.294 e. The van der Waals surface area contributed by atoms with Gasteiger partial charge in [-0.05, 0) is 80.3 Å². The van der Waals surface area contributed by atoms with Crippen LogP contribution in [0.4, 0.5) is 0 Å². The normalized spacial score (nSPS) is 13.7. The molecule has 0 spiro atoms. The van der Waals surface area contributed by atoms with E-state index in [0.29, 0.717) is 11.9 Å². The monoisotopic (exact) mass is 847 g/mol. The molecule has 2 aliphatic rings. The van der Waals surface area contributed by atoms with Crippen molar-refractivity contribution in [2.24, 2.45) is 0 Å². The number of hydrogen-bond acceptors (Lipinski definition) is 6. The summed E-state index contributed by atoms with van der Waals surface area (Å²) in [5, 5.41) is 9.15. The Labute approximate surface area is 364 Å². The number of phenols is 1. The zero-order valence-corrected chi connectivity index (χ0v) is 39.3. The quantitative estimate of drug-likeness (QED) is 0.0441. The number of epoxide rings is 2. The fourth-order valence-corrected chi connectivity index (χ4v) is 7.80. The minimum Gasteiger partial charge on any atom is -0.508 e. The Bertz CT molecular complexity index is 1290. The van der Waals surface area contributed by atoms with E-state index in [1.54, 1.807) is 24.3 Å². The lowest BCUT2D eigenvalue weighted by Gasteiger charge is -2.14. The van der Waals surface area contributed by atoms with Crippen molar-refractivity contribution in [3.05, 3.63) is 59.2 Å². The van der Waals surface area contributed by atoms with Crippen LogP contribution in [0.25, 0.3) is 0 Å². The molecule has 0 bridgehead atoms. The SMILES string of the molecule is C1CO1.C=O.CC1CO1.CCCCCCCCCCCCc1cccc(S(=O)(=O)O)c1CCCCCCCCCCCC.CCCCCCCCCc1ccc(O)cc1. The molecule has 2 fully saturated rings. The summed E-state index contributed by atoms with van der Waals surface area (Å²) in [6, 6.07) is 13.0. The molecule has 0 aromatic heterocycles. The molecular weight excluding hydrogens is 757 g/mol. The van der Waals surface area contributed by atoms with Crippen LogP contribution in [0.2, 0.25) is 0 Å². The maximum atomic E-state index is 12.0. The molecule has 2 aliphatic heterocycles. The van der Waals surface area contributed by atoms with Crippen LogP contribution in [0.1, 0.15) is 218 Å². The van der Waals surface area contributed by atoms with E-state index in [2.05, 4.69) is 38.5 Å². The predicted molar refractivity (Wildman–Crippen MR) is 251 cm³/mol. The first-order valence-corrected chi connectivity index (χ1v) is 25.5. The maximum absolute atomic E-state index is 12.0. The van der Waals surface area contributed by atoms with Gasteiger partial charge < -0.3 is 19.4 Å². The number of hydrogen-bond donors (Lipinski definition) is 2. The summed E-state index contributed by atoms with van der Waals surface area (Å²) in [5.41, 5.74) is 3.32. The number of rotatable bonds is 31. The van der Waals surface area contributed by atoms with Crippen molar-refractivity contribution < 1.29 is 32.3 Å². The van der Waals surface area contributed by atoms with E-state index in [0.717, 1.165) is 69.5 Å². The first-order valence-electron chi connectivity index (χ1n) is 24.1. The van der Waals surface area contributed by atoms with Crippen molar-refractivity contribution >= 4 is 16.9 Å². The van der Waals surface area contributed by atoms with Crippen LogP contribution >= 0.6 is 0 Å². The minimum absolute atomic E-state index is 0.132. The van der Waals surface area contributed by atoms with Crippen molar-refractivity contribution in [3.8, 4) is 5.75 Å². The number of unbranched alkanes of at least 4 members (excludes halogenated alkanes) is 24. The molecule has 2 saturated heterocycles. The topological polar surface area (TPSA) is 117 Å². The average molecular weight is 847 g/mol. The standard InChI is InChI=1S/C30H54O3S.C15H24O.C3H6O.C2H4O.CH2O/c1-3-5-7-9-11-13-15-17-19-21-24-28-25-23-27-30(34(31,32)33)29(28)26-22-20-18-16-14-12-10-8-6-4-2;1-2-3-4-5-6-7-8-9-14-10-12-15(16)13-11-14;1-3-2-4-3;1-2-3-1;1-2/h23,25,27H,3-22,24,26H2,1-2H3,(H,31,32,33);10-13,16H,2-9H2,1H3;3H,2H2,1H3;1-2H2;1H2. The van der Waals surface area contributed by atoms with Gasteiger partial charge in [-0.1, -0.05) is 199 Å². The third kappa shape index (κ3) is 38.4. The zero-order chi connectivity index (χ0) is 43.7. The van der Waals surface area contributed by atoms with Crippen LogP contribution in [0.3, 0.4) is 0 Å². The number of phenolic OH excluding ortho intramolecular Hbond substituents is 1. The molecule has 2 aromatic carbocycles. The van der Waals surface area contributed by atoms with Crippen LogP contribution in [-0.2, 0) is 43.6 Å². The predicted octanol–water partition coefficient (Wildman–Crippen LogP) is 14.8. The summed E-state index contributed by atoms with van der Waals surface area (Å²) in [7, 11) is -4.17. The van der Waals surface area contributed by atoms with Gasteiger partial charge in [0, 0.05) is 0 Å². The number of carbonyl (C=O) groups excluding carboxylic acids is 1. The van der Waals surface area contributed by atoms with E-state index in [9.17, 15) is 13.0 Å². The third-order valence-corrected chi connectivity index (χ3v) is 11.7. The van der Waals surface area contributed by atoms with Crippen molar-refractivity contribution in [2.45, 2.75) is 231 Å². The summed E-state index contributed by atoms with van der Waals surface area (Å²) in [6.45, 7) is 13.8. The molecular formula is C51H90O7S. The molecule has 2 aromatic rings. The second-order valence-corrected chi connectivity index (χ2v) is 17.9. The van der Waals surface area contributed by atoms with E-state index in [1.807, 2.05) is 18.9 Å². The highest BCUT2D eigenvalue weighted by Gasteiger charge is 2.18. The van der Waals surface area contributed by atoms with Crippen molar-refractivity contribution in [1.82, 2.24) is 0 Å². The van der Waals surface area contributed by atoms with E-state index in [1.165, 1.54) is 160 Å². The molecule has 0 aliphatic carbocycles. The number of benzene rings is 2. The molecule has 0 amide bonds. The molecule has 1 unspecified atom stereocenters. The number of aryl methyl sites for hydroxylation is 2. The molecule has 1 atom stereocenters. The van der Waals surface area contributed by atoms with Crippen LogP contribution in [-0.4, -0.2) is 50.8 Å². The Hall–Kier alpha value is -2.26. The lowest BCUT2D eigenvalue weighted by molar-refractivity contribution is -0.0980. The van der Waals surface area contributed by atoms with Gasteiger partial charge in [-0.15, -0.1) is 0 Å². The highest BCUT2D eigenvalue weighted by Crippen LogP contribution is 2.25. The van der Waals surface area contributed by atoms with Gasteiger partial charge in [-0.3, -0.25) is 4.55 Å². The second-order valence-electron chi connectivity index (χ2n) is 16.5. The number of carbonyl (C=O) groups is 1. The Balaban J connectivity index is 0.00000109. The molecule has 0 saturated carbocycles. The van der Waals surface area contributed by atoms with E-state index < -0.39 is 10.1 Å². The highest BCUT2D eigenvalue weighted by molar-refractivity contribution is 7.85.